The summed E-state index contributed by atoms with van der Waals surface area (Å²) in [6.07, 6.45) is 6.90. The first-order chi connectivity index (χ1) is 14.4. The van der Waals surface area contributed by atoms with Gasteiger partial charge in [0.15, 0.2) is 18.3 Å². The van der Waals surface area contributed by atoms with Gasteiger partial charge in [0, 0.05) is 37.0 Å². The highest BCUT2D eigenvalue weighted by molar-refractivity contribution is 5.97. The number of hydrogen-bond donors (Lipinski definition) is 2. The minimum atomic E-state index is -0.468. The number of rotatable bonds is 3. The largest absolute Gasteiger partial charge is 0.469 e. The lowest BCUT2D eigenvalue weighted by Gasteiger charge is -2.25. The number of urea groups is 1. The Morgan fingerprint density at radius 3 is 2.73 bits per heavy atom. The number of H-pyrrole nitrogens is 1. The molecule has 1 atom stereocenters. The third-order valence-electron chi connectivity index (χ3n) is 5.74. The van der Waals surface area contributed by atoms with Gasteiger partial charge in [0.25, 0.3) is 5.91 Å². The van der Waals surface area contributed by atoms with Crippen LogP contribution in [0.3, 0.4) is 0 Å². The molecule has 0 bridgehead atoms. The summed E-state index contributed by atoms with van der Waals surface area (Å²) < 4.78 is 5.76. The van der Waals surface area contributed by atoms with Crippen molar-refractivity contribution in [2.75, 3.05) is 24.7 Å². The van der Waals surface area contributed by atoms with E-state index < -0.39 is 12.2 Å². The summed E-state index contributed by atoms with van der Waals surface area (Å²) in [5.74, 6) is 0.743. The first kappa shape index (κ1) is 18.7. The second kappa shape index (κ2) is 6.91. The number of hydrazine groups is 1. The van der Waals surface area contributed by atoms with Crippen molar-refractivity contribution in [3.05, 3.63) is 35.8 Å². The van der Waals surface area contributed by atoms with E-state index in [1.807, 2.05) is 15.9 Å². The van der Waals surface area contributed by atoms with Crippen LogP contribution in [-0.4, -0.2) is 63.6 Å². The fraction of sp³-hybridized carbons (Fsp3) is 0.450. The molecule has 2 fully saturated rings. The van der Waals surface area contributed by atoms with E-state index in [0.29, 0.717) is 24.0 Å². The topological polar surface area (TPSA) is 101 Å². The van der Waals surface area contributed by atoms with Crippen molar-refractivity contribution in [3.63, 3.8) is 0 Å². The lowest BCUT2D eigenvalue weighted by molar-refractivity contribution is -0.133. The first-order valence-corrected chi connectivity index (χ1v) is 10.2. The van der Waals surface area contributed by atoms with Gasteiger partial charge in [-0.25, -0.2) is 4.79 Å². The zero-order chi connectivity index (χ0) is 21.0. The summed E-state index contributed by atoms with van der Waals surface area (Å²) in [6, 6.07) is 1.34. The molecule has 4 amide bonds. The molecule has 2 saturated heterocycles. The number of aromatic nitrogens is 1. The van der Waals surface area contributed by atoms with Gasteiger partial charge in [0.05, 0.1) is 0 Å². The Labute approximate surface area is 173 Å². The SMILES string of the molecule is CC(C)C(=O)N1NC2C=C(N3COc4cc(C(=O)N5CCCC5)[nH]c43)C=CN2C1=O. The molecule has 30 heavy (non-hydrogen) atoms. The Balaban J connectivity index is 1.36. The normalized spacial score (nSPS) is 22.6. The van der Waals surface area contributed by atoms with E-state index in [-0.39, 0.29) is 17.7 Å². The van der Waals surface area contributed by atoms with E-state index >= 15 is 0 Å². The zero-order valence-corrected chi connectivity index (χ0v) is 16.9. The highest BCUT2D eigenvalue weighted by Crippen LogP contribution is 2.38. The fourth-order valence-corrected chi connectivity index (χ4v) is 4.07. The number of nitrogens with one attached hydrogen (secondary N) is 2. The number of hydrogen-bond acceptors (Lipinski definition) is 6. The van der Waals surface area contributed by atoms with Crippen LogP contribution in [0.15, 0.2) is 30.1 Å². The first-order valence-electron chi connectivity index (χ1n) is 10.2. The number of nitrogens with zero attached hydrogens (tertiary/aromatic N) is 4. The number of anilines is 1. The monoisotopic (exact) mass is 412 g/mol. The Kier molecular flexibility index (Phi) is 4.31. The van der Waals surface area contributed by atoms with Gasteiger partial charge in [0.1, 0.15) is 11.9 Å². The van der Waals surface area contributed by atoms with Gasteiger partial charge in [-0.05, 0) is 25.0 Å². The van der Waals surface area contributed by atoms with Gasteiger partial charge in [-0.3, -0.25) is 19.4 Å². The summed E-state index contributed by atoms with van der Waals surface area (Å²) in [6.45, 7) is 5.36. The van der Waals surface area contributed by atoms with Crippen LogP contribution in [-0.2, 0) is 4.79 Å². The van der Waals surface area contributed by atoms with Crippen molar-refractivity contribution in [1.82, 2.24) is 25.2 Å². The molecule has 10 nitrogen and oxygen atoms in total. The lowest BCUT2D eigenvalue weighted by atomic mass is 10.2. The van der Waals surface area contributed by atoms with Crippen LogP contribution in [0.5, 0.6) is 5.75 Å². The number of imide groups is 1. The van der Waals surface area contributed by atoms with E-state index in [1.54, 1.807) is 32.2 Å². The minimum Gasteiger partial charge on any atom is -0.469 e. The maximum atomic E-state index is 12.7. The standard InChI is InChI=1S/C20H24N6O4/c1-12(2)18(27)26-20(29)24-8-5-13(9-16(24)22-26)25-11-30-15-10-14(21-17(15)25)19(28)23-6-3-4-7-23/h5,8-10,12,16,21-22H,3-4,6-7,11H2,1-2H3. The van der Waals surface area contributed by atoms with Crippen LogP contribution in [0.1, 0.15) is 37.2 Å². The van der Waals surface area contributed by atoms with Gasteiger partial charge in [-0.1, -0.05) is 13.8 Å². The molecule has 0 aromatic carbocycles. The Morgan fingerprint density at radius 1 is 1.23 bits per heavy atom. The third kappa shape index (κ3) is 2.86. The number of carbonyl (C=O) groups excluding carboxylic acids is 3. The number of likely N-dealkylation sites (tertiary alicyclic amines) is 1. The van der Waals surface area contributed by atoms with Gasteiger partial charge < -0.3 is 14.6 Å². The molecule has 0 radical (unpaired) electrons. The lowest BCUT2D eigenvalue weighted by Crippen LogP contribution is -2.43. The highest BCUT2D eigenvalue weighted by atomic mass is 16.5. The van der Waals surface area contributed by atoms with E-state index in [1.165, 1.54) is 4.90 Å². The molecule has 5 heterocycles. The molecular weight excluding hydrogens is 388 g/mol. The summed E-state index contributed by atoms with van der Waals surface area (Å²) in [4.78, 5) is 45.9. The molecule has 158 valence electrons. The van der Waals surface area contributed by atoms with Gasteiger partial charge >= 0.3 is 6.03 Å². The molecule has 10 heteroatoms. The predicted octanol–water partition coefficient (Wildman–Crippen LogP) is 1.57. The fourth-order valence-electron chi connectivity index (χ4n) is 4.07. The average Bonchev–Trinajstić information content (AvgIpc) is 3.50. The number of carbonyl (C=O) groups is 3. The quantitative estimate of drug-likeness (QED) is 0.782. The van der Waals surface area contributed by atoms with Crippen molar-refractivity contribution in [1.29, 1.82) is 0 Å². The smallest absolute Gasteiger partial charge is 0.347 e. The van der Waals surface area contributed by atoms with Crippen LogP contribution in [0.2, 0.25) is 0 Å². The van der Waals surface area contributed by atoms with E-state index in [0.717, 1.165) is 36.6 Å². The maximum Gasteiger partial charge on any atom is 0.347 e. The van der Waals surface area contributed by atoms with Crippen molar-refractivity contribution in [2.24, 2.45) is 5.92 Å². The van der Waals surface area contributed by atoms with Crippen LogP contribution >= 0.6 is 0 Å². The average molecular weight is 412 g/mol. The number of aromatic amines is 1. The molecule has 1 unspecified atom stereocenters. The highest BCUT2D eigenvalue weighted by Gasteiger charge is 2.41. The molecule has 1 aromatic heterocycles. The summed E-state index contributed by atoms with van der Waals surface area (Å²) in [5, 5.41) is 1.06. The van der Waals surface area contributed by atoms with Crippen molar-refractivity contribution in [3.8, 4) is 5.75 Å². The third-order valence-corrected chi connectivity index (χ3v) is 5.74. The minimum absolute atomic E-state index is 0.0179. The number of allylic oxidation sites excluding steroid dienone is 1. The maximum absolute atomic E-state index is 12.7. The molecule has 0 saturated carbocycles. The van der Waals surface area contributed by atoms with Crippen molar-refractivity contribution >= 4 is 23.7 Å². The summed E-state index contributed by atoms with van der Waals surface area (Å²) >= 11 is 0. The second-order valence-corrected chi connectivity index (χ2v) is 8.10. The summed E-state index contributed by atoms with van der Waals surface area (Å²) in [7, 11) is 0. The Bertz CT molecular complexity index is 974. The molecule has 0 aliphatic carbocycles. The number of amides is 4. The number of ether oxygens (including phenoxy) is 1. The van der Waals surface area contributed by atoms with Gasteiger partial charge in [-0.2, -0.15) is 10.4 Å². The van der Waals surface area contributed by atoms with E-state index in [2.05, 4.69) is 10.4 Å². The van der Waals surface area contributed by atoms with E-state index in [9.17, 15) is 14.4 Å². The Morgan fingerprint density at radius 2 is 2.00 bits per heavy atom. The zero-order valence-electron chi connectivity index (χ0n) is 16.9. The summed E-state index contributed by atoms with van der Waals surface area (Å²) in [5.41, 5.74) is 4.27. The predicted molar refractivity (Wildman–Crippen MR) is 107 cm³/mol. The van der Waals surface area contributed by atoms with Crippen LogP contribution in [0, 0.1) is 5.92 Å². The molecule has 0 spiro atoms. The molecule has 4 aliphatic heterocycles. The Hall–Kier alpha value is -3.27. The molecule has 2 N–H and O–H groups in total. The van der Waals surface area contributed by atoms with Crippen molar-refractivity contribution in [2.45, 2.75) is 32.9 Å². The molecule has 5 rings (SSSR count). The van der Waals surface area contributed by atoms with E-state index in [4.69, 9.17) is 4.74 Å². The molecule has 4 aliphatic rings. The molecule has 1 aromatic rings. The van der Waals surface area contributed by atoms with Crippen molar-refractivity contribution < 1.29 is 19.1 Å². The van der Waals surface area contributed by atoms with Gasteiger partial charge in [-0.15, -0.1) is 0 Å². The van der Waals surface area contributed by atoms with Crippen LogP contribution in [0.25, 0.3) is 0 Å². The second-order valence-electron chi connectivity index (χ2n) is 8.10. The number of fused-ring (bicyclic) bond motifs is 2. The van der Waals surface area contributed by atoms with Gasteiger partial charge in [0.2, 0.25) is 5.91 Å². The van der Waals surface area contributed by atoms with Crippen LogP contribution < -0.4 is 15.1 Å². The molecular formula is C20H24N6O4. The van der Waals surface area contributed by atoms with Crippen LogP contribution in [0.4, 0.5) is 10.6 Å².